The molecule has 0 spiro atoms. The first-order valence-electron chi connectivity index (χ1n) is 10.3. The monoisotopic (exact) mass is 408 g/mol. The summed E-state index contributed by atoms with van der Waals surface area (Å²) in [5.41, 5.74) is 1.90. The van der Waals surface area contributed by atoms with Gasteiger partial charge in [-0.15, -0.1) is 0 Å². The Labute approximate surface area is 178 Å². The lowest BCUT2D eigenvalue weighted by Gasteiger charge is -2.23. The number of pyridine rings is 1. The van der Waals surface area contributed by atoms with E-state index in [1.165, 1.54) is 0 Å². The molecule has 0 aliphatic rings. The van der Waals surface area contributed by atoms with Crippen molar-refractivity contribution in [1.29, 1.82) is 0 Å². The number of nitrogens with zero attached hydrogens (tertiary/aromatic N) is 5. The van der Waals surface area contributed by atoms with Crippen LogP contribution in [0.3, 0.4) is 0 Å². The van der Waals surface area contributed by atoms with Crippen molar-refractivity contribution >= 4 is 11.7 Å². The highest BCUT2D eigenvalue weighted by molar-refractivity contribution is 6.02. The molecule has 0 saturated carbocycles. The van der Waals surface area contributed by atoms with Crippen LogP contribution in [0.25, 0.3) is 5.82 Å². The van der Waals surface area contributed by atoms with E-state index < -0.39 is 0 Å². The van der Waals surface area contributed by atoms with E-state index in [1.807, 2.05) is 35.0 Å². The van der Waals surface area contributed by atoms with Crippen LogP contribution in [0, 0.1) is 0 Å². The smallest absolute Gasteiger partial charge is 0.277 e. The minimum Gasteiger partial charge on any atom is -0.305 e. The van der Waals surface area contributed by atoms with Crippen molar-refractivity contribution in [2.45, 2.75) is 72.3 Å². The second kappa shape index (κ2) is 7.70. The summed E-state index contributed by atoms with van der Waals surface area (Å²) in [6.45, 7) is 16.7. The van der Waals surface area contributed by atoms with Crippen molar-refractivity contribution < 1.29 is 4.79 Å². The van der Waals surface area contributed by atoms with E-state index in [1.54, 1.807) is 10.9 Å². The number of carbonyl (C=O) groups is 1. The standard InChI is InChI=1S/C23H32N6O/c1-15(2)17-13-16(26-29(17)23(6,7)8)21(30)25-20-14-18(22(3,4)5)27-28(20)19-11-9-10-12-24-19/h9-15H,1-8H3,(H,25,30). The van der Waals surface area contributed by atoms with Crippen LogP contribution < -0.4 is 5.32 Å². The van der Waals surface area contributed by atoms with Gasteiger partial charge in [0.05, 0.1) is 11.2 Å². The summed E-state index contributed by atoms with van der Waals surface area (Å²) >= 11 is 0. The average Bonchev–Trinajstić information content (AvgIpc) is 3.26. The van der Waals surface area contributed by atoms with Gasteiger partial charge in [-0.25, -0.2) is 4.98 Å². The van der Waals surface area contributed by atoms with E-state index in [9.17, 15) is 4.79 Å². The first-order chi connectivity index (χ1) is 13.9. The van der Waals surface area contributed by atoms with Crippen LogP contribution in [0.5, 0.6) is 0 Å². The van der Waals surface area contributed by atoms with Crippen LogP contribution in [0.1, 0.15) is 83.2 Å². The number of amides is 1. The molecular weight excluding hydrogens is 376 g/mol. The lowest BCUT2D eigenvalue weighted by molar-refractivity contribution is 0.102. The summed E-state index contributed by atoms with van der Waals surface area (Å²) in [6.07, 6.45) is 1.71. The molecule has 0 radical (unpaired) electrons. The van der Waals surface area contributed by atoms with Crippen molar-refractivity contribution in [3.05, 3.63) is 53.6 Å². The summed E-state index contributed by atoms with van der Waals surface area (Å²) in [4.78, 5) is 17.5. The predicted molar refractivity (Wildman–Crippen MR) is 119 cm³/mol. The molecular formula is C23H32N6O. The minimum absolute atomic E-state index is 0.169. The van der Waals surface area contributed by atoms with Gasteiger partial charge in [0.2, 0.25) is 0 Å². The molecule has 3 heterocycles. The van der Waals surface area contributed by atoms with Gasteiger partial charge in [0.1, 0.15) is 5.82 Å². The Balaban J connectivity index is 2.00. The molecule has 0 aliphatic carbocycles. The van der Waals surface area contributed by atoms with E-state index in [0.717, 1.165) is 11.4 Å². The maximum absolute atomic E-state index is 13.1. The van der Waals surface area contributed by atoms with Crippen LogP contribution in [0.4, 0.5) is 5.82 Å². The van der Waals surface area contributed by atoms with Gasteiger partial charge in [-0.2, -0.15) is 14.9 Å². The molecule has 1 N–H and O–H groups in total. The van der Waals surface area contributed by atoms with Gasteiger partial charge in [0.15, 0.2) is 11.5 Å². The van der Waals surface area contributed by atoms with Crippen molar-refractivity contribution in [1.82, 2.24) is 24.5 Å². The maximum atomic E-state index is 13.1. The summed E-state index contributed by atoms with van der Waals surface area (Å²) in [5, 5.41) is 12.3. The van der Waals surface area contributed by atoms with E-state index in [0.29, 0.717) is 17.3 Å². The maximum Gasteiger partial charge on any atom is 0.277 e. The molecule has 0 bridgehead atoms. The summed E-state index contributed by atoms with van der Waals surface area (Å²) < 4.78 is 3.60. The number of aromatic nitrogens is 5. The molecule has 0 aromatic carbocycles. The third-order valence-corrected chi connectivity index (χ3v) is 4.78. The van der Waals surface area contributed by atoms with Gasteiger partial charge < -0.3 is 5.32 Å². The average molecular weight is 409 g/mol. The zero-order valence-corrected chi connectivity index (χ0v) is 19.2. The van der Waals surface area contributed by atoms with Gasteiger partial charge in [-0.1, -0.05) is 40.7 Å². The fourth-order valence-corrected chi connectivity index (χ4v) is 3.13. The second-order valence-electron chi connectivity index (χ2n) is 9.91. The van der Waals surface area contributed by atoms with Gasteiger partial charge in [-0.05, 0) is 44.9 Å². The fraction of sp³-hybridized carbons (Fsp3) is 0.478. The Hall–Kier alpha value is -2.96. The topological polar surface area (TPSA) is 77.6 Å². The lowest BCUT2D eigenvalue weighted by atomic mass is 9.92. The molecule has 3 aromatic heterocycles. The Morgan fingerprint density at radius 1 is 1.03 bits per heavy atom. The highest BCUT2D eigenvalue weighted by Gasteiger charge is 2.26. The highest BCUT2D eigenvalue weighted by atomic mass is 16.2. The zero-order chi connectivity index (χ0) is 22.3. The quantitative estimate of drug-likeness (QED) is 0.666. The Kier molecular flexibility index (Phi) is 5.58. The molecule has 0 saturated heterocycles. The SMILES string of the molecule is CC(C)c1cc(C(=O)Nc2cc(C(C)(C)C)nn2-c2ccccn2)nn1C(C)(C)C. The number of hydrogen-bond donors (Lipinski definition) is 1. The molecule has 0 unspecified atom stereocenters. The third-order valence-electron chi connectivity index (χ3n) is 4.78. The molecule has 1 amide bonds. The number of nitrogens with one attached hydrogen (secondary N) is 1. The van der Waals surface area contributed by atoms with E-state index in [4.69, 9.17) is 5.10 Å². The van der Waals surface area contributed by atoms with Crippen molar-refractivity contribution in [3.63, 3.8) is 0 Å². The van der Waals surface area contributed by atoms with Crippen molar-refractivity contribution in [2.24, 2.45) is 0 Å². The van der Waals surface area contributed by atoms with Crippen LogP contribution in [-0.2, 0) is 11.0 Å². The van der Waals surface area contributed by atoms with E-state index >= 15 is 0 Å². The molecule has 3 aromatic rings. The largest absolute Gasteiger partial charge is 0.305 e. The van der Waals surface area contributed by atoms with E-state index in [-0.39, 0.29) is 22.8 Å². The fourth-order valence-electron chi connectivity index (χ4n) is 3.13. The van der Waals surface area contributed by atoms with Gasteiger partial charge in [0.25, 0.3) is 5.91 Å². The normalized spacial score (nSPS) is 12.4. The molecule has 30 heavy (non-hydrogen) atoms. The highest BCUT2D eigenvalue weighted by Crippen LogP contribution is 2.27. The Bertz CT molecular complexity index is 1030. The third kappa shape index (κ3) is 4.45. The summed E-state index contributed by atoms with van der Waals surface area (Å²) in [5.74, 6) is 1.20. The predicted octanol–water partition coefficient (Wildman–Crippen LogP) is 4.89. The van der Waals surface area contributed by atoms with Gasteiger partial charge in [0, 0.05) is 23.4 Å². The molecule has 0 aliphatic heterocycles. The first-order valence-corrected chi connectivity index (χ1v) is 10.3. The first kappa shape index (κ1) is 21.7. The Morgan fingerprint density at radius 3 is 2.23 bits per heavy atom. The Morgan fingerprint density at radius 2 is 1.73 bits per heavy atom. The lowest BCUT2D eigenvalue weighted by Crippen LogP contribution is -2.26. The summed E-state index contributed by atoms with van der Waals surface area (Å²) in [7, 11) is 0. The number of anilines is 1. The van der Waals surface area contributed by atoms with Crippen molar-refractivity contribution in [2.75, 3.05) is 5.32 Å². The van der Waals surface area contributed by atoms with Crippen LogP contribution in [-0.4, -0.2) is 30.5 Å². The van der Waals surface area contributed by atoms with Crippen molar-refractivity contribution in [3.8, 4) is 5.82 Å². The molecule has 7 heteroatoms. The molecule has 160 valence electrons. The molecule has 0 atom stereocenters. The van der Waals surface area contributed by atoms with Gasteiger partial charge in [-0.3, -0.25) is 9.48 Å². The van der Waals surface area contributed by atoms with Gasteiger partial charge >= 0.3 is 0 Å². The number of rotatable bonds is 4. The van der Waals surface area contributed by atoms with Crippen LogP contribution >= 0.6 is 0 Å². The zero-order valence-electron chi connectivity index (χ0n) is 19.2. The minimum atomic E-state index is -0.266. The summed E-state index contributed by atoms with van der Waals surface area (Å²) in [6, 6.07) is 9.38. The van der Waals surface area contributed by atoms with E-state index in [2.05, 4.69) is 70.8 Å². The second-order valence-corrected chi connectivity index (χ2v) is 9.91. The molecule has 7 nitrogen and oxygen atoms in total. The van der Waals surface area contributed by atoms with Crippen LogP contribution in [0.15, 0.2) is 36.5 Å². The molecule has 0 fully saturated rings. The molecule has 3 rings (SSSR count). The van der Waals surface area contributed by atoms with Crippen LogP contribution in [0.2, 0.25) is 0 Å². The number of carbonyl (C=O) groups excluding carboxylic acids is 1. The number of hydrogen-bond acceptors (Lipinski definition) is 4.